The van der Waals surface area contributed by atoms with E-state index in [2.05, 4.69) is 0 Å². The van der Waals surface area contributed by atoms with E-state index in [1.807, 2.05) is 6.92 Å². The Kier molecular flexibility index (Phi) is 6.98. The van der Waals surface area contributed by atoms with E-state index in [1.54, 1.807) is 24.3 Å². The van der Waals surface area contributed by atoms with Gasteiger partial charge in [0, 0.05) is 5.92 Å². The third-order valence-electron chi connectivity index (χ3n) is 6.44. The molecule has 3 unspecified atom stereocenters. The van der Waals surface area contributed by atoms with Crippen molar-refractivity contribution < 1.29 is 17.7 Å². The molecule has 0 saturated heterocycles. The quantitative estimate of drug-likeness (QED) is 0.722. The first-order valence-corrected chi connectivity index (χ1v) is 12.0. The lowest BCUT2D eigenvalue weighted by Gasteiger charge is -2.33. The number of aryl methyl sites for hydroxylation is 1. The van der Waals surface area contributed by atoms with Crippen molar-refractivity contribution in [3.63, 3.8) is 0 Å². The number of rotatable bonds is 3. The molecule has 3 rings (SSSR count). The van der Waals surface area contributed by atoms with E-state index >= 15 is 0 Å². The Morgan fingerprint density at radius 1 is 0.889 bits per heavy atom. The number of hydrogen-bond acceptors (Lipinski definition) is 4. The highest BCUT2D eigenvalue weighted by molar-refractivity contribution is 7.86. The van der Waals surface area contributed by atoms with Gasteiger partial charge in [0.15, 0.2) is 0 Å². The Labute approximate surface area is 164 Å². The van der Waals surface area contributed by atoms with E-state index in [-0.39, 0.29) is 10.8 Å². The molecule has 0 radical (unpaired) electrons. The Morgan fingerprint density at radius 3 is 2.15 bits per heavy atom. The van der Waals surface area contributed by atoms with E-state index in [1.165, 1.54) is 25.7 Å². The van der Waals surface area contributed by atoms with Crippen LogP contribution in [0.15, 0.2) is 29.2 Å². The van der Waals surface area contributed by atoms with Crippen LogP contribution in [0.4, 0.5) is 0 Å². The molecule has 0 bridgehead atoms. The summed E-state index contributed by atoms with van der Waals surface area (Å²) in [5.41, 5.74) is 0.246. The highest BCUT2D eigenvalue weighted by Gasteiger charge is 2.48. The minimum Gasteiger partial charge on any atom is -0.389 e. The first kappa shape index (κ1) is 20.8. The van der Waals surface area contributed by atoms with Gasteiger partial charge in [-0.15, -0.1) is 0 Å². The highest BCUT2D eigenvalue weighted by Crippen LogP contribution is 2.45. The van der Waals surface area contributed by atoms with Crippen molar-refractivity contribution in [1.82, 2.24) is 0 Å². The van der Waals surface area contributed by atoms with E-state index < -0.39 is 21.8 Å². The van der Waals surface area contributed by atoms with Crippen LogP contribution in [-0.2, 0) is 14.3 Å². The molecule has 152 valence electrons. The summed E-state index contributed by atoms with van der Waals surface area (Å²) >= 11 is 0. The average molecular weight is 395 g/mol. The summed E-state index contributed by atoms with van der Waals surface area (Å²) in [7, 11) is -3.80. The summed E-state index contributed by atoms with van der Waals surface area (Å²) in [6, 6.07) is 6.79. The third-order valence-corrected chi connectivity index (χ3v) is 7.79. The third kappa shape index (κ3) is 5.33. The lowest BCUT2D eigenvalue weighted by molar-refractivity contribution is -0.0331. The molecular formula is C22H34O4S. The fourth-order valence-corrected chi connectivity index (χ4v) is 5.92. The zero-order chi connectivity index (χ0) is 19.3. The van der Waals surface area contributed by atoms with Crippen LogP contribution >= 0.6 is 0 Å². The summed E-state index contributed by atoms with van der Waals surface area (Å²) in [4.78, 5) is 0.205. The molecule has 0 heterocycles. The van der Waals surface area contributed by atoms with Crippen LogP contribution in [0, 0.1) is 12.8 Å². The van der Waals surface area contributed by atoms with Gasteiger partial charge < -0.3 is 5.11 Å². The molecule has 5 heteroatoms. The van der Waals surface area contributed by atoms with Gasteiger partial charge in [-0.1, -0.05) is 69.1 Å². The zero-order valence-corrected chi connectivity index (χ0v) is 17.3. The maximum atomic E-state index is 12.8. The molecule has 2 fully saturated rings. The fourth-order valence-electron chi connectivity index (χ4n) is 4.78. The minimum absolute atomic E-state index is 0.0860. The number of benzene rings is 1. The first-order valence-electron chi connectivity index (χ1n) is 10.6. The summed E-state index contributed by atoms with van der Waals surface area (Å²) in [5.74, 6) is -0.0860. The van der Waals surface area contributed by atoms with E-state index in [0.717, 1.165) is 44.1 Å². The maximum Gasteiger partial charge on any atom is 0.297 e. The lowest BCUT2D eigenvalue weighted by atomic mass is 9.81. The molecule has 0 aromatic heterocycles. The summed E-state index contributed by atoms with van der Waals surface area (Å²) < 4.78 is 31.2. The Morgan fingerprint density at radius 2 is 1.48 bits per heavy atom. The highest BCUT2D eigenvalue weighted by atomic mass is 32.2. The summed E-state index contributed by atoms with van der Waals surface area (Å²) in [6.07, 6.45) is 11.9. The van der Waals surface area contributed by atoms with E-state index in [4.69, 9.17) is 4.18 Å². The first-order chi connectivity index (χ1) is 12.9. The lowest BCUT2D eigenvalue weighted by Crippen LogP contribution is -2.38. The van der Waals surface area contributed by atoms with Crippen LogP contribution in [0.1, 0.15) is 82.6 Å². The predicted octanol–water partition coefficient (Wildman–Crippen LogP) is 5.12. The molecule has 1 aromatic rings. The van der Waals surface area contributed by atoms with Gasteiger partial charge in [0.2, 0.25) is 0 Å². The molecule has 0 aliphatic heterocycles. The number of hydrogen-bond donors (Lipinski definition) is 1. The fraction of sp³-hybridized carbons (Fsp3) is 0.727. The molecule has 2 saturated carbocycles. The van der Waals surface area contributed by atoms with Crippen LogP contribution in [0.3, 0.4) is 0 Å². The standard InChI is InChI=1S/C22H34O4S/c1-18-11-13-19(14-12-18)27(24,25)26-21-15-17-22(23)16-9-7-5-3-2-4-6-8-10-20(21)22/h11-14,20-21,23H,2-10,15-17H2,1H3. The van der Waals surface area contributed by atoms with Gasteiger partial charge in [-0.25, -0.2) is 0 Å². The van der Waals surface area contributed by atoms with Crippen molar-refractivity contribution >= 4 is 10.1 Å². The maximum absolute atomic E-state index is 12.8. The molecule has 4 nitrogen and oxygen atoms in total. The van der Waals surface area contributed by atoms with Crippen molar-refractivity contribution in [2.75, 3.05) is 0 Å². The van der Waals surface area contributed by atoms with Gasteiger partial charge in [-0.3, -0.25) is 4.18 Å². The molecule has 27 heavy (non-hydrogen) atoms. The SMILES string of the molecule is Cc1ccc(S(=O)(=O)OC2CCC3(O)CCCCCCCCCCC23)cc1. The van der Waals surface area contributed by atoms with E-state index in [9.17, 15) is 13.5 Å². The van der Waals surface area contributed by atoms with Gasteiger partial charge in [-0.2, -0.15) is 8.42 Å². The van der Waals surface area contributed by atoms with Gasteiger partial charge in [0.25, 0.3) is 10.1 Å². The van der Waals surface area contributed by atoms with Crippen LogP contribution in [0.5, 0.6) is 0 Å². The Hall–Kier alpha value is -0.910. The molecule has 1 N–H and O–H groups in total. The average Bonchev–Trinajstić information content (AvgIpc) is 2.91. The second-order valence-corrected chi connectivity index (χ2v) is 10.1. The van der Waals surface area contributed by atoms with Gasteiger partial charge in [-0.05, 0) is 44.7 Å². The Bertz CT molecular complexity index is 698. The van der Waals surface area contributed by atoms with Crippen molar-refractivity contribution in [3.05, 3.63) is 29.8 Å². The molecule has 1 aromatic carbocycles. The van der Waals surface area contributed by atoms with Crippen LogP contribution in [-0.4, -0.2) is 25.2 Å². The predicted molar refractivity (Wildman–Crippen MR) is 107 cm³/mol. The largest absolute Gasteiger partial charge is 0.389 e. The molecule has 2 aliphatic rings. The van der Waals surface area contributed by atoms with Crippen LogP contribution in [0.25, 0.3) is 0 Å². The van der Waals surface area contributed by atoms with Crippen molar-refractivity contribution in [3.8, 4) is 0 Å². The van der Waals surface area contributed by atoms with Crippen molar-refractivity contribution in [2.24, 2.45) is 5.92 Å². The smallest absolute Gasteiger partial charge is 0.297 e. The monoisotopic (exact) mass is 394 g/mol. The molecule has 0 spiro atoms. The van der Waals surface area contributed by atoms with Crippen LogP contribution < -0.4 is 0 Å². The second-order valence-electron chi connectivity index (χ2n) is 8.52. The van der Waals surface area contributed by atoms with Gasteiger partial charge in [0.1, 0.15) is 0 Å². The molecule has 0 amide bonds. The second kappa shape index (κ2) is 9.06. The van der Waals surface area contributed by atoms with E-state index in [0.29, 0.717) is 12.8 Å². The van der Waals surface area contributed by atoms with Crippen molar-refractivity contribution in [2.45, 2.75) is 101 Å². The molecule has 2 aliphatic carbocycles. The minimum atomic E-state index is -3.80. The van der Waals surface area contributed by atoms with Crippen molar-refractivity contribution in [1.29, 1.82) is 0 Å². The van der Waals surface area contributed by atoms with Gasteiger partial charge in [0.05, 0.1) is 16.6 Å². The van der Waals surface area contributed by atoms with Crippen LogP contribution in [0.2, 0.25) is 0 Å². The summed E-state index contributed by atoms with van der Waals surface area (Å²) in [5, 5.41) is 11.3. The Balaban J connectivity index is 1.73. The van der Waals surface area contributed by atoms with Gasteiger partial charge >= 0.3 is 0 Å². The molecular weight excluding hydrogens is 360 g/mol. The molecule has 3 atom stereocenters. The summed E-state index contributed by atoms with van der Waals surface area (Å²) in [6.45, 7) is 1.93. The number of aliphatic hydroxyl groups is 1. The number of fused-ring (bicyclic) bond motifs is 1. The topological polar surface area (TPSA) is 63.6 Å². The normalized spacial score (nSPS) is 30.9. The zero-order valence-electron chi connectivity index (χ0n) is 16.5.